The van der Waals surface area contributed by atoms with Gasteiger partial charge in [0, 0.05) is 25.2 Å². The molecule has 5 heteroatoms. The largest absolute Gasteiger partial charge is 0.353 e. The molecule has 0 bridgehead atoms. The Morgan fingerprint density at radius 2 is 1.60 bits per heavy atom. The van der Waals surface area contributed by atoms with Gasteiger partial charge in [-0.1, -0.05) is 20.3 Å². The zero-order chi connectivity index (χ0) is 14.3. The second kappa shape index (κ2) is 5.35. The Hall–Kier alpha value is -1.10. The lowest BCUT2D eigenvalue weighted by molar-refractivity contribution is -0.133. The van der Waals surface area contributed by atoms with E-state index in [-0.39, 0.29) is 23.7 Å². The van der Waals surface area contributed by atoms with Gasteiger partial charge in [0.15, 0.2) is 0 Å². The molecule has 1 heterocycles. The summed E-state index contributed by atoms with van der Waals surface area (Å²) in [5.41, 5.74) is 0. The Labute approximate surface area is 120 Å². The summed E-state index contributed by atoms with van der Waals surface area (Å²) in [6, 6.07) is 0.681. The van der Waals surface area contributed by atoms with Crippen molar-refractivity contribution in [3.05, 3.63) is 0 Å². The van der Waals surface area contributed by atoms with Gasteiger partial charge in [0.1, 0.15) is 0 Å². The van der Waals surface area contributed by atoms with E-state index in [0.29, 0.717) is 37.0 Å². The van der Waals surface area contributed by atoms with Crippen LogP contribution < -0.4 is 16.0 Å². The molecule has 20 heavy (non-hydrogen) atoms. The molecular formula is C15H25N3O2. The first-order valence-corrected chi connectivity index (χ1v) is 7.91. The van der Waals surface area contributed by atoms with Gasteiger partial charge in [-0.3, -0.25) is 9.59 Å². The number of hydrogen-bond donors (Lipinski definition) is 3. The van der Waals surface area contributed by atoms with E-state index in [2.05, 4.69) is 29.8 Å². The predicted octanol–water partition coefficient (Wildman–Crippen LogP) is 0.261. The normalized spacial score (nSPS) is 42.1. The van der Waals surface area contributed by atoms with E-state index < -0.39 is 0 Å². The number of rotatable bonds is 5. The molecule has 0 aromatic carbocycles. The molecule has 112 valence electrons. The minimum Gasteiger partial charge on any atom is -0.353 e. The topological polar surface area (TPSA) is 70.2 Å². The van der Waals surface area contributed by atoms with Crippen molar-refractivity contribution in [2.45, 2.75) is 45.2 Å². The van der Waals surface area contributed by atoms with Crippen molar-refractivity contribution >= 4 is 11.8 Å². The van der Waals surface area contributed by atoms with Crippen LogP contribution in [0.4, 0.5) is 0 Å². The van der Waals surface area contributed by atoms with Crippen molar-refractivity contribution in [3.8, 4) is 0 Å². The Morgan fingerprint density at radius 3 is 2.05 bits per heavy atom. The summed E-state index contributed by atoms with van der Waals surface area (Å²) in [4.78, 5) is 24.6. The fourth-order valence-corrected chi connectivity index (χ4v) is 3.21. The molecule has 3 aliphatic rings. The van der Waals surface area contributed by atoms with Gasteiger partial charge < -0.3 is 16.0 Å². The smallest absolute Gasteiger partial charge is 0.225 e. The van der Waals surface area contributed by atoms with E-state index in [1.54, 1.807) is 0 Å². The molecule has 6 atom stereocenters. The number of nitrogens with one attached hydrogen (secondary N) is 3. The molecule has 2 amide bonds. The van der Waals surface area contributed by atoms with Gasteiger partial charge in [-0.25, -0.2) is 0 Å². The molecule has 2 saturated carbocycles. The maximum Gasteiger partial charge on any atom is 0.225 e. The van der Waals surface area contributed by atoms with Gasteiger partial charge in [-0.2, -0.15) is 0 Å². The summed E-state index contributed by atoms with van der Waals surface area (Å²) < 4.78 is 0. The summed E-state index contributed by atoms with van der Waals surface area (Å²) in [5, 5.41) is 9.35. The van der Waals surface area contributed by atoms with Crippen molar-refractivity contribution in [3.63, 3.8) is 0 Å². The summed E-state index contributed by atoms with van der Waals surface area (Å²) in [6.45, 7) is 5.53. The molecule has 0 radical (unpaired) electrons. The monoisotopic (exact) mass is 279 g/mol. The van der Waals surface area contributed by atoms with Crippen molar-refractivity contribution in [2.24, 2.45) is 23.7 Å². The van der Waals surface area contributed by atoms with Crippen LogP contribution in [0.5, 0.6) is 0 Å². The van der Waals surface area contributed by atoms with Gasteiger partial charge in [0.2, 0.25) is 11.8 Å². The highest BCUT2D eigenvalue weighted by Crippen LogP contribution is 2.34. The van der Waals surface area contributed by atoms with Crippen LogP contribution in [0.25, 0.3) is 0 Å². The van der Waals surface area contributed by atoms with Crippen molar-refractivity contribution < 1.29 is 9.59 Å². The van der Waals surface area contributed by atoms with E-state index in [4.69, 9.17) is 0 Å². The molecule has 3 fully saturated rings. The van der Waals surface area contributed by atoms with Crippen LogP contribution in [-0.4, -0.2) is 37.0 Å². The van der Waals surface area contributed by atoms with Crippen LogP contribution in [0, 0.1) is 23.7 Å². The van der Waals surface area contributed by atoms with Crippen LogP contribution in [0.3, 0.4) is 0 Å². The molecule has 0 unspecified atom stereocenters. The zero-order valence-electron chi connectivity index (χ0n) is 12.3. The Bertz CT molecular complexity index is 412. The second-order valence-corrected chi connectivity index (χ2v) is 6.72. The van der Waals surface area contributed by atoms with Crippen LogP contribution in [0.15, 0.2) is 0 Å². The fraction of sp³-hybridized carbons (Fsp3) is 0.867. The number of carbonyl (C=O) groups excluding carboxylic acids is 2. The molecular weight excluding hydrogens is 254 g/mol. The third kappa shape index (κ3) is 2.82. The standard InChI is InChI=1S/C15H25N3O2/c1-3-9-5-13(9)18-15(20)11-7-16-6-10(11)14(19)17-12-4-8(12)2/h8-13,16H,3-7H2,1-2H3,(H,17,19)(H,18,20)/t8-,9-,10+,11+,12-,13-/m0/s1. The number of hydrogen-bond acceptors (Lipinski definition) is 3. The minimum atomic E-state index is -0.207. The average Bonchev–Trinajstić information content (AvgIpc) is 3.26. The summed E-state index contributed by atoms with van der Waals surface area (Å²) >= 11 is 0. The third-order valence-corrected chi connectivity index (χ3v) is 5.10. The van der Waals surface area contributed by atoms with E-state index in [1.807, 2.05) is 0 Å². The number of amides is 2. The molecule has 0 aromatic rings. The molecule has 1 saturated heterocycles. The van der Waals surface area contributed by atoms with E-state index in [0.717, 1.165) is 19.3 Å². The van der Waals surface area contributed by atoms with Crippen molar-refractivity contribution in [1.82, 2.24) is 16.0 Å². The lowest BCUT2D eigenvalue weighted by Crippen LogP contribution is -2.43. The minimum absolute atomic E-state index is 0.0485. The Kier molecular flexibility index (Phi) is 3.71. The zero-order valence-corrected chi connectivity index (χ0v) is 12.3. The molecule has 1 aliphatic heterocycles. The van der Waals surface area contributed by atoms with Crippen LogP contribution in [0.1, 0.15) is 33.1 Å². The van der Waals surface area contributed by atoms with Crippen LogP contribution >= 0.6 is 0 Å². The summed E-state index contributed by atoms with van der Waals surface area (Å²) in [5.74, 6) is 0.932. The van der Waals surface area contributed by atoms with Gasteiger partial charge in [-0.05, 0) is 24.7 Å². The first-order chi connectivity index (χ1) is 9.60. The highest BCUT2D eigenvalue weighted by Gasteiger charge is 2.44. The SMILES string of the molecule is CC[C@H]1C[C@@H]1NC(=O)[C@@H]1CNC[C@H]1C(=O)N[C@H]1C[C@@H]1C. The molecule has 0 aromatic heterocycles. The van der Waals surface area contributed by atoms with Gasteiger partial charge in [0.25, 0.3) is 0 Å². The maximum atomic E-state index is 12.3. The third-order valence-electron chi connectivity index (χ3n) is 5.10. The molecule has 0 spiro atoms. The quantitative estimate of drug-likeness (QED) is 0.676. The predicted molar refractivity (Wildman–Crippen MR) is 75.9 cm³/mol. The fourth-order valence-electron chi connectivity index (χ4n) is 3.21. The average molecular weight is 279 g/mol. The highest BCUT2D eigenvalue weighted by molar-refractivity contribution is 5.89. The van der Waals surface area contributed by atoms with Gasteiger partial charge >= 0.3 is 0 Å². The first kappa shape index (κ1) is 13.9. The van der Waals surface area contributed by atoms with Gasteiger partial charge in [0.05, 0.1) is 11.8 Å². The second-order valence-electron chi connectivity index (χ2n) is 6.72. The Balaban J connectivity index is 1.52. The summed E-state index contributed by atoms with van der Waals surface area (Å²) in [7, 11) is 0. The van der Waals surface area contributed by atoms with E-state index in [1.165, 1.54) is 0 Å². The Morgan fingerprint density at radius 1 is 1.05 bits per heavy atom. The summed E-state index contributed by atoms with van der Waals surface area (Å²) in [6.07, 6.45) is 3.29. The molecule has 2 aliphatic carbocycles. The molecule has 3 rings (SSSR count). The number of carbonyl (C=O) groups is 2. The highest BCUT2D eigenvalue weighted by atomic mass is 16.2. The van der Waals surface area contributed by atoms with E-state index in [9.17, 15) is 9.59 Å². The molecule has 3 N–H and O–H groups in total. The van der Waals surface area contributed by atoms with Crippen LogP contribution in [-0.2, 0) is 9.59 Å². The van der Waals surface area contributed by atoms with Crippen LogP contribution in [0.2, 0.25) is 0 Å². The van der Waals surface area contributed by atoms with Crippen molar-refractivity contribution in [1.29, 1.82) is 0 Å². The first-order valence-electron chi connectivity index (χ1n) is 7.91. The lowest BCUT2D eigenvalue weighted by Gasteiger charge is -2.18. The molecule has 5 nitrogen and oxygen atoms in total. The lowest BCUT2D eigenvalue weighted by atomic mass is 9.94. The maximum absolute atomic E-state index is 12.3. The van der Waals surface area contributed by atoms with Crippen molar-refractivity contribution in [2.75, 3.05) is 13.1 Å². The van der Waals surface area contributed by atoms with E-state index >= 15 is 0 Å². The van der Waals surface area contributed by atoms with Gasteiger partial charge in [-0.15, -0.1) is 0 Å².